The van der Waals surface area contributed by atoms with Crippen molar-refractivity contribution in [1.29, 1.82) is 0 Å². The first-order chi connectivity index (χ1) is 8.27. The second-order valence-corrected chi connectivity index (χ2v) is 5.37. The van der Waals surface area contributed by atoms with Gasteiger partial charge in [-0.05, 0) is 34.1 Å². The lowest BCUT2D eigenvalue weighted by Gasteiger charge is -2.00. The summed E-state index contributed by atoms with van der Waals surface area (Å²) in [6, 6.07) is 16.0. The van der Waals surface area contributed by atoms with E-state index < -0.39 is 0 Å². The molecule has 0 N–H and O–H groups in total. The molecule has 3 heteroatoms. The molecule has 0 aliphatic rings. The Hall–Kier alpha value is -1.06. The zero-order valence-electron chi connectivity index (χ0n) is 8.78. The molecule has 0 unspecified atom stereocenters. The number of hydrogen-bond donors (Lipinski definition) is 0. The van der Waals surface area contributed by atoms with Gasteiger partial charge in [-0.3, -0.25) is 0 Å². The fraction of sp³-hybridized carbons (Fsp3) is 0. The smallest absolute Gasteiger partial charge is 0.150 e. The highest BCUT2D eigenvalue weighted by molar-refractivity contribution is 9.11. The Labute approximate surface area is 116 Å². The van der Waals surface area contributed by atoms with Crippen LogP contribution in [0.5, 0.6) is 0 Å². The Morgan fingerprint density at radius 3 is 2.29 bits per heavy atom. The van der Waals surface area contributed by atoms with Crippen LogP contribution >= 0.6 is 31.9 Å². The van der Waals surface area contributed by atoms with Crippen molar-refractivity contribution >= 4 is 42.8 Å². The average molecular weight is 352 g/mol. The summed E-state index contributed by atoms with van der Waals surface area (Å²) in [6.07, 6.45) is 0. The fourth-order valence-corrected chi connectivity index (χ4v) is 2.92. The maximum absolute atomic E-state index is 5.89. The number of benzene rings is 2. The lowest BCUT2D eigenvalue weighted by atomic mass is 10.1. The highest BCUT2D eigenvalue weighted by Gasteiger charge is 2.14. The number of furan rings is 1. The van der Waals surface area contributed by atoms with Gasteiger partial charge in [0.1, 0.15) is 5.58 Å². The molecule has 17 heavy (non-hydrogen) atoms. The van der Waals surface area contributed by atoms with Crippen molar-refractivity contribution in [1.82, 2.24) is 0 Å². The van der Waals surface area contributed by atoms with Crippen LogP contribution in [0.2, 0.25) is 0 Å². The highest BCUT2D eigenvalue weighted by Crippen LogP contribution is 2.40. The molecule has 0 saturated heterocycles. The second kappa shape index (κ2) is 4.31. The number of fused-ring (bicyclic) bond motifs is 1. The van der Waals surface area contributed by atoms with Gasteiger partial charge in [-0.2, -0.15) is 0 Å². The van der Waals surface area contributed by atoms with Crippen molar-refractivity contribution in [2.24, 2.45) is 0 Å². The quantitative estimate of drug-likeness (QED) is 0.554. The van der Waals surface area contributed by atoms with E-state index in [2.05, 4.69) is 31.9 Å². The van der Waals surface area contributed by atoms with Gasteiger partial charge in [-0.25, -0.2) is 0 Å². The predicted molar refractivity (Wildman–Crippen MR) is 77.1 cm³/mol. The highest BCUT2D eigenvalue weighted by atomic mass is 79.9. The van der Waals surface area contributed by atoms with E-state index in [-0.39, 0.29) is 0 Å². The van der Waals surface area contributed by atoms with Gasteiger partial charge in [0.05, 0.1) is 4.47 Å². The molecule has 3 rings (SSSR count). The van der Waals surface area contributed by atoms with Crippen molar-refractivity contribution < 1.29 is 4.42 Å². The van der Waals surface area contributed by atoms with Crippen molar-refractivity contribution in [2.75, 3.05) is 0 Å². The summed E-state index contributed by atoms with van der Waals surface area (Å²) in [5.41, 5.74) is 1.95. The van der Waals surface area contributed by atoms with Gasteiger partial charge in [0, 0.05) is 15.4 Å². The molecule has 0 atom stereocenters. The Kier molecular flexibility index (Phi) is 2.81. The van der Waals surface area contributed by atoms with Gasteiger partial charge in [-0.15, -0.1) is 0 Å². The SMILES string of the molecule is Brc1ccccc1-c1oc2ccccc2c1Br. The topological polar surface area (TPSA) is 13.1 Å². The minimum absolute atomic E-state index is 0.860. The molecule has 0 fully saturated rings. The zero-order chi connectivity index (χ0) is 11.8. The van der Waals surface area contributed by atoms with Crippen LogP contribution in [-0.4, -0.2) is 0 Å². The molecule has 0 radical (unpaired) electrons. The monoisotopic (exact) mass is 350 g/mol. The minimum atomic E-state index is 0.860. The number of rotatable bonds is 1. The van der Waals surface area contributed by atoms with E-state index >= 15 is 0 Å². The van der Waals surface area contributed by atoms with Crippen molar-refractivity contribution in [3.8, 4) is 11.3 Å². The first kappa shape index (κ1) is 11.1. The molecule has 1 heterocycles. The van der Waals surface area contributed by atoms with Crippen LogP contribution in [0.3, 0.4) is 0 Å². The molecule has 0 amide bonds. The molecular weight excluding hydrogens is 344 g/mol. The van der Waals surface area contributed by atoms with E-state index in [0.29, 0.717) is 0 Å². The molecule has 0 spiro atoms. The normalized spacial score (nSPS) is 10.9. The maximum atomic E-state index is 5.89. The Bertz CT molecular complexity index is 686. The van der Waals surface area contributed by atoms with E-state index in [4.69, 9.17) is 4.42 Å². The van der Waals surface area contributed by atoms with Crippen molar-refractivity contribution in [3.63, 3.8) is 0 Å². The van der Waals surface area contributed by atoms with Crippen LogP contribution in [0.1, 0.15) is 0 Å². The minimum Gasteiger partial charge on any atom is -0.455 e. The average Bonchev–Trinajstić information content (AvgIpc) is 2.68. The van der Waals surface area contributed by atoms with Crippen LogP contribution in [0.4, 0.5) is 0 Å². The van der Waals surface area contributed by atoms with Crippen LogP contribution in [0.15, 0.2) is 61.9 Å². The fourth-order valence-electron chi connectivity index (χ4n) is 1.83. The second-order valence-electron chi connectivity index (χ2n) is 3.72. The van der Waals surface area contributed by atoms with Crippen LogP contribution in [0.25, 0.3) is 22.3 Å². The first-order valence-corrected chi connectivity index (χ1v) is 6.78. The molecule has 0 saturated carbocycles. The summed E-state index contributed by atoms with van der Waals surface area (Å²) in [6.45, 7) is 0. The summed E-state index contributed by atoms with van der Waals surface area (Å²) >= 11 is 7.15. The van der Waals surface area contributed by atoms with Gasteiger partial charge in [0.25, 0.3) is 0 Å². The molecule has 0 aliphatic heterocycles. The van der Waals surface area contributed by atoms with E-state index in [9.17, 15) is 0 Å². The molecular formula is C14H8Br2O. The Morgan fingerprint density at radius 1 is 0.824 bits per heavy atom. The third kappa shape index (κ3) is 1.83. The number of para-hydroxylation sites is 1. The predicted octanol–water partition coefficient (Wildman–Crippen LogP) is 5.62. The van der Waals surface area contributed by atoms with E-state index in [1.165, 1.54) is 0 Å². The summed E-state index contributed by atoms with van der Waals surface area (Å²) in [5, 5.41) is 1.10. The molecule has 0 bridgehead atoms. The van der Waals surface area contributed by atoms with E-state index in [1.807, 2.05) is 48.5 Å². The zero-order valence-corrected chi connectivity index (χ0v) is 12.0. The van der Waals surface area contributed by atoms with E-state index in [0.717, 1.165) is 31.2 Å². The molecule has 1 nitrogen and oxygen atoms in total. The van der Waals surface area contributed by atoms with Gasteiger partial charge < -0.3 is 4.42 Å². The van der Waals surface area contributed by atoms with Gasteiger partial charge in [-0.1, -0.05) is 46.3 Å². The third-order valence-corrected chi connectivity index (χ3v) is 4.13. The van der Waals surface area contributed by atoms with Gasteiger partial charge in [0.15, 0.2) is 5.76 Å². The largest absolute Gasteiger partial charge is 0.455 e. The molecule has 84 valence electrons. The van der Waals surface area contributed by atoms with Crippen molar-refractivity contribution in [3.05, 3.63) is 57.5 Å². The Morgan fingerprint density at radius 2 is 1.53 bits per heavy atom. The first-order valence-electron chi connectivity index (χ1n) is 5.19. The Balaban J connectivity index is 2.32. The van der Waals surface area contributed by atoms with Crippen LogP contribution < -0.4 is 0 Å². The molecule has 0 aliphatic carbocycles. The van der Waals surface area contributed by atoms with E-state index in [1.54, 1.807) is 0 Å². The lowest BCUT2D eigenvalue weighted by Crippen LogP contribution is -1.76. The van der Waals surface area contributed by atoms with Gasteiger partial charge >= 0.3 is 0 Å². The number of hydrogen-bond acceptors (Lipinski definition) is 1. The summed E-state index contributed by atoms with van der Waals surface area (Å²) in [5.74, 6) is 0.860. The van der Waals surface area contributed by atoms with Crippen LogP contribution in [0, 0.1) is 0 Å². The summed E-state index contributed by atoms with van der Waals surface area (Å²) in [7, 11) is 0. The summed E-state index contributed by atoms with van der Waals surface area (Å²) in [4.78, 5) is 0. The van der Waals surface area contributed by atoms with Crippen LogP contribution in [-0.2, 0) is 0 Å². The maximum Gasteiger partial charge on any atom is 0.150 e. The lowest BCUT2D eigenvalue weighted by molar-refractivity contribution is 0.629. The molecule has 2 aromatic carbocycles. The third-order valence-electron chi connectivity index (χ3n) is 2.65. The molecule has 1 aromatic heterocycles. The van der Waals surface area contributed by atoms with Gasteiger partial charge in [0.2, 0.25) is 0 Å². The van der Waals surface area contributed by atoms with Crippen molar-refractivity contribution in [2.45, 2.75) is 0 Å². The standard InChI is InChI=1S/C14H8Br2O/c15-11-7-3-1-5-9(11)14-13(16)10-6-2-4-8-12(10)17-14/h1-8H. The number of halogens is 2. The molecule has 3 aromatic rings. The summed E-state index contributed by atoms with van der Waals surface area (Å²) < 4.78 is 7.92.